The maximum Gasteiger partial charge on any atom is 0.337 e. The lowest BCUT2D eigenvalue weighted by Crippen LogP contribution is -2.39. The Kier molecular flexibility index (Phi) is 6.77. The highest BCUT2D eigenvalue weighted by Crippen LogP contribution is 2.37. The minimum Gasteiger partial charge on any atom is -0.496 e. The van der Waals surface area contributed by atoms with Crippen molar-refractivity contribution in [3.8, 4) is 5.75 Å². The summed E-state index contributed by atoms with van der Waals surface area (Å²) < 4.78 is 16.6. The van der Waals surface area contributed by atoms with E-state index in [1.54, 1.807) is 13.4 Å². The number of fused-ring (bicyclic) bond motifs is 1. The maximum absolute atomic E-state index is 11.9. The van der Waals surface area contributed by atoms with Crippen LogP contribution in [0.15, 0.2) is 36.7 Å². The van der Waals surface area contributed by atoms with Crippen LogP contribution in [0.2, 0.25) is 0 Å². The highest BCUT2D eigenvalue weighted by Gasteiger charge is 2.31. The van der Waals surface area contributed by atoms with Gasteiger partial charge in [0.15, 0.2) is 0 Å². The number of carbonyl (C=O) groups excluding carboxylic acids is 1. The predicted octanol–water partition coefficient (Wildman–Crippen LogP) is 4.41. The molecule has 1 saturated heterocycles. The van der Waals surface area contributed by atoms with E-state index in [0.717, 1.165) is 52.9 Å². The number of piperidine rings is 1. The summed E-state index contributed by atoms with van der Waals surface area (Å²) in [6, 6.07) is 9.95. The molecule has 0 radical (unpaired) electrons. The molecule has 170 valence electrons. The van der Waals surface area contributed by atoms with Gasteiger partial charge in [-0.1, -0.05) is 12.1 Å². The number of rotatable bonds is 7. The Morgan fingerprint density at radius 2 is 2.03 bits per heavy atom. The third-order valence-electron chi connectivity index (χ3n) is 6.33. The number of hydrogen-bond acceptors (Lipinski definition) is 6. The van der Waals surface area contributed by atoms with Crippen molar-refractivity contribution in [3.63, 3.8) is 0 Å². The van der Waals surface area contributed by atoms with E-state index in [9.17, 15) is 4.79 Å². The number of esters is 1. The molecular weight excluding hydrogens is 406 g/mol. The normalized spacial score (nSPS) is 19.2. The molecule has 1 N–H and O–H groups in total. The fourth-order valence-corrected chi connectivity index (χ4v) is 4.70. The molecule has 7 nitrogen and oxygen atoms in total. The van der Waals surface area contributed by atoms with E-state index in [1.165, 1.54) is 7.11 Å². The molecular formula is C25H31N3O4. The van der Waals surface area contributed by atoms with E-state index >= 15 is 0 Å². The Bertz CT molecular complexity index is 1080. The number of likely N-dealkylation sites (tertiary alicyclic amines) is 1. The molecule has 0 spiro atoms. The molecule has 2 atom stereocenters. The quantitative estimate of drug-likeness (QED) is 0.552. The SMILES string of the molecule is CCO[C@H]1CCN(Cc2c(OC)cc(C)c3[nH]cnc23)[C@H](c2ccc(C(=O)OC)cc2)C1. The zero-order valence-corrected chi connectivity index (χ0v) is 19.2. The third kappa shape index (κ3) is 4.36. The van der Waals surface area contributed by atoms with Crippen LogP contribution < -0.4 is 4.74 Å². The number of imidazole rings is 1. The van der Waals surface area contributed by atoms with Crippen LogP contribution in [0.25, 0.3) is 11.0 Å². The number of aryl methyl sites for hydroxylation is 1. The van der Waals surface area contributed by atoms with Gasteiger partial charge < -0.3 is 19.2 Å². The largest absolute Gasteiger partial charge is 0.496 e. The average Bonchev–Trinajstić information content (AvgIpc) is 3.32. The molecule has 2 aromatic carbocycles. The second-order valence-electron chi connectivity index (χ2n) is 8.20. The van der Waals surface area contributed by atoms with Crippen LogP contribution in [0.4, 0.5) is 0 Å². The Balaban J connectivity index is 1.67. The van der Waals surface area contributed by atoms with Crippen molar-refractivity contribution in [2.24, 2.45) is 0 Å². The fraction of sp³-hybridized carbons (Fsp3) is 0.440. The molecule has 0 bridgehead atoms. The molecule has 0 aliphatic carbocycles. The molecule has 0 saturated carbocycles. The minimum atomic E-state index is -0.324. The fourth-order valence-electron chi connectivity index (χ4n) is 4.70. The van der Waals surface area contributed by atoms with Gasteiger partial charge in [0.1, 0.15) is 5.75 Å². The number of benzene rings is 2. The Morgan fingerprint density at radius 3 is 2.72 bits per heavy atom. The van der Waals surface area contributed by atoms with E-state index in [-0.39, 0.29) is 18.1 Å². The summed E-state index contributed by atoms with van der Waals surface area (Å²) in [5.74, 6) is 0.531. The van der Waals surface area contributed by atoms with Crippen molar-refractivity contribution in [1.82, 2.24) is 14.9 Å². The molecule has 4 rings (SSSR count). The lowest BCUT2D eigenvalue weighted by Gasteiger charge is -2.40. The zero-order chi connectivity index (χ0) is 22.7. The van der Waals surface area contributed by atoms with E-state index in [1.807, 2.05) is 31.2 Å². The molecule has 0 amide bonds. The second-order valence-corrected chi connectivity index (χ2v) is 8.20. The first-order chi connectivity index (χ1) is 15.5. The maximum atomic E-state index is 11.9. The van der Waals surface area contributed by atoms with Gasteiger partial charge in [-0.25, -0.2) is 9.78 Å². The Morgan fingerprint density at radius 1 is 1.25 bits per heavy atom. The minimum absolute atomic E-state index is 0.159. The smallest absolute Gasteiger partial charge is 0.337 e. The van der Waals surface area contributed by atoms with E-state index < -0.39 is 0 Å². The number of methoxy groups -OCH3 is 2. The lowest BCUT2D eigenvalue weighted by atomic mass is 9.91. The molecule has 1 aliphatic rings. The number of aromatic nitrogens is 2. The van der Waals surface area contributed by atoms with Gasteiger partial charge in [-0.2, -0.15) is 0 Å². The summed E-state index contributed by atoms with van der Waals surface area (Å²) in [5.41, 5.74) is 5.91. The van der Waals surface area contributed by atoms with Gasteiger partial charge in [-0.15, -0.1) is 0 Å². The molecule has 3 aromatic rings. The van der Waals surface area contributed by atoms with Crippen molar-refractivity contribution in [2.45, 2.75) is 45.4 Å². The van der Waals surface area contributed by atoms with Crippen LogP contribution in [0.1, 0.15) is 52.9 Å². The zero-order valence-electron chi connectivity index (χ0n) is 19.2. The topological polar surface area (TPSA) is 76.7 Å². The van der Waals surface area contributed by atoms with Crippen LogP contribution in [0, 0.1) is 6.92 Å². The Hall–Kier alpha value is -2.90. The van der Waals surface area contributed by atoms with Gasteiger partial charge in [0.25, 0.3) is 0 Å². The number of hydrogen-bond donors (Lipinski definition) is 1. The summed E-state index contributed by atoms with van der Waals surface area (Å²) in [4.78, 5) is 22.2. The van der Waals surface area contributed by atoms with Crippen LogP contribution in [-0.4, -0.2) is 54.3 Å². The number of aromatic amines is 1. The van der Waals surface area contributed by atoms with Crippen molar-refractivity contribution in [3.05, 3.63) is 58.9 Å². The van der Waals surface area contributed by atoms with E-state index in [2.05, 4.69) is 27.9 Å². The third-order valence-corrected chi connectivity index (χ3v) is 6.33. The van der Waals surface area contributed by atoms with Crippen LogP contribution in [0.5, 0.6) is 5.75 Å². The van der Waals surface area contributed by atoms with Gasteiger partial charge in [0.2, 0.25) is 0 Å². The van der Waals surface area contributed by atoms with Crippen molar-refractivity contribution < 1.29 is 19.0 Å². The summed E-state index contributed by atoms with van der Waals surface area (Å²) in [5, 5.41) is 0. The lowest BCUT2D eigenvalue weighted by molar-refractivity contribution is -0.0138. The molecule has 2 heterocycles. The molecule has 1 aliphatic heterocycles. The highest BCUT2D eigenvalue weighted by molar-refractivity contribution is 5.89. The summed E-state index contributed by atoms with van der Waals surface area (Å²) >= 11 is 0. The van der Waals surface area contributed by atoms with Gasteiger partial charge in [0, 0.05) is 31.3 Å². The summed E-state index contributed by atoms with van der Waals surface area (Å²) in [6.07, 6.45) is 3.82. The molecule has 32 heavy (non-hydrogen) atoms. The predicted molar refractivity (Wildman–Crippen MR) is 123 cm³/mol. The second kappa shape index (κ2) is 9.71. The van der Waals surface area contributed by atoms with Crippen LogP contribution >= 0.6 is 0 Å². The first kappa shape index (κ1) is 22.3. The molecule has 0 unspecified atom stereocenters. The first-order valence-electron chi connectivity index (χ1n) is 11.1. The van der Waals surface area contributed by atoms with E-state index in [0.29, 0.717) is 18.7 Å². The van der Waals surface area contributed by atoms with Crippen molar-refractivity contribution in [1.29, 1.82) is 0 Å². The van der Waals surface area contributed by atoms with Gasteiger partial charge in [-0.3, -0.25) is 4.90 Å². The number of nitrogens with zero attached hydrogens (tertiary/aromatic N) is 2. The number of H-pyrrole nitrogens is 1. The number of carbonyl (C=O) groups is 1. The average molecular weight is 438 g/mol. The van der Waals surface area contributed by atoms with Crippen molar-refractivity contribution >= 4 is 17.0 Å². The van der Waals surface area contributed by atoms with Gasteiger partial charge in [-0.05, 0) is 56.0 Å². The number of ether oxygens (including phenoxy) is 3. The molecule has 7 heteroatoms. The van der Waals surface area contributed by atoms with Gasteiger partial charge in [0.05, 0.1) is 43.2 Å². The van der Waals surface area contributed by atoms with Crippen molar-refractivity contribution in [2.75, 3.05) is 27.4 Å². The van der Waals surface area contributed by atoms with Gasteiger partial charge >= 0.3 is 5.97 Å². The number of nitrogens with one attached hydrogen (secondary N) is 1. The highest BCUT2D eigenvalue weighted by atomic mass is 16.5. The van der Waals surface area contributed by atoms with Crippen LogP contribution in [0.3, 0.4) is 0 Å². The molecule has 1 fully saturated rings. The monoisotopic (exact) mass is 437 g/mol. The van der Waals surface area contributed by atoms with E-state index in [4.69, 9.17) is 14.2 Å². The summed E-state index contributed by atoms with van der Waals surface area (Å²) in [6.45, 7) is 6.42. The molecule has 1 aromatic heterocycles. The standard InChI is InChI=1S/C25H31N3O4/c1-5-32-19-10-11-28(21(13-19)17-6-8-18(9-7-17)25(29)31-4)14-20-22(30-3)12-16(2)23-24(20)27-15-26-23/h6-9,12,15,19,21H,5,10-11,13-14H2,1-4H3,(H,26,27)/t19-,21-/m0/s1. The van der Waals surface area contributed by atoms with Crippen LogP contribution in [-0.2, 0) is 16.0 Å². The first-order valence-corrected chi connectivity index (χ1v) is 11.1. The summed E-state index contributed by atoms with van der Waals surface area (Å²) in [7, 11) is 3.11. The Labute approximate surface area is 188 Å².